The van der Waals surface area contributed by atoms with Gasteiger partial charge in [-0.05, 0) is 53.8 Å². The minimum atomic E-state index is -2.68. The normalized spacial score (nSPS) is 25.9. The number of pyridine rings is 2. The molecule has 0 bridgehead atoms. The van der Waals surface area contributed by atoms with Gasteiger partial charge in [0.25, 0.3) is 6.43 Å². The fourth-order valence-electron chi connectivity index (χ4n) is 3.86. The summed E-state index contributed by atoms with van der Waals surface area (Å²) in [5.74, 6) is 0.340. The van der Waals surface area contributed by atoms with Gasteiger partial charge in [0.05, 0.1) is 0 Å². The first-order chi connectivity index (χ1) is 11.9. The molecule has 1 N–H and O–H groups in total. The summed E-state index contributed by atoms with van der Waals surface area (Å²) in [4.78, 5) is 22.7. The number of alkyl halides is 2. The van der Waals surface area contributed by atoms with Gasteiger partial charge in [-0.1, -0.05) is 0 Å². The van der Waals surface area contributed by atoms with E-state index in [1.165, 1.54) is 12.4 Å². The summed E-state index contributed by atoms with van der Waals surface area (Å²) < 4.78 is 26.7. The standard InChI is InChI=1S/C17H17BrF2N4O/c1-24-3-2-17(8-24)5-11(17)16(25)23-13-4-9-10(6-21-13)14(15(19)20)22-7-12(9)18/h4,6-7,11,15H,2-3,5,8H2,1H3,(H,21,23,25). The second kappa shape index (κ2) is 5.95. The van der Waals surface area contributed by atoms with Crippen molar-refractivity contribution < 1.29 is 13.6 Å². The van der Waals surface area contributed by atoms with Crippen molar-refractivity contribution in [3.05, 3.63) is 28.6 Å². The molecule has 2 atom stereocenters. The number of anilines is 1. The second-order valence-electron chi connectivity index (χ2n) is 7.00. The Hall–Kier alpha value is -1.67. The molecule has 2 aromatic rings. The molecule has 2 aliphatic rings. The number of fused-ring (bicyclic) bond motifs is 1. The van der Waals surface area contributed by atoms with Gasteiger partial charge in [-0.2, -0.15) is 0 Å². The van der Waals surface area contributed by atoms with Gasteiger partial charge in [-0.25, -0.2) is 13.8 Å². The number of nitrogens with one attached hydrogen (secondary N) is 1. The Bertz CT molecular complexity index is 862. The first-order valence-electron chi connectivity index (χ1n) is 8.11. The van der Waals surface area contributed by atoms with Crippen molar-refractivity contribution in [1.82, 2.24) is 14.9 Å². The highest BCUT2D eigenvalue weighted by atomic mass is 79.9. The predicted octanol–water partition coefficient (Wildman–Crippen LogP) is 3.61. The van der Waals surface area contributed by atoms with E-state index in [0.29, 0.717) is 15.7 Å². The zero-order chi connectivity index (χ0) is 17.8. The van der Waals surface area contributed by atoms with Crippen LogP contribution in [-0.4, -0.2) is 40.9 Å². The summed E-state index contributed by atoms with van der Waals surface area (Å²) in [6.07, 6.45) is 1.96. The molecule has 132 valence electrons. The van der Waals surface area contributed by atoms with E-state index >= 15 is 0 Å². The molecule has 1 saturated carbocycles. The highest BCUT2D eigenvalue weighted by Gasteiger charge is 2.60. The van der Waals surface area contributed by atoms with E-state index in [1.54, 1.807) is 6.07 Å². The molecular formula is C17H17BrF2N4O. The molecule has 4 rings (SSSR count). The van der Waals surface area contributed by atoms with E-state index < -0.39 is 6.43 Å². The van der Waals surface area contributed by atoms with Crippen molar-refractivity contribution in [1.29, 1.82) is 0 Å². The van der Waals surface area contributed by atoms with Gasteiger partial charge in [-0.15, -0.1) is 0 Å². The molecule has 2 unspecified atom stereocenters. The molecule has 0 aromatic carbocycles. The number of nitrogens with zero attached hydrogens (tertiary/aromatic N) is 3. The predicted molar refractivity (Wildman–Crippen MR) is 93.5 cm³/mol. The Morgan fingerprint density at radius 1 is 1.40 bits per heavy atom. The number of hydrogen-bond donors (Lipinski definition) is 1. The van der Waals surface area contributed by atoms with Gasteiger partial charge < -0.3 is 10.2 Å². The molecule has 1 aliphatic heterocycles. The van der Waals surface area contributed by atoms with Gasteiger partial charge in [-0.3, -0.25) is 9.78 Å². The van der Waals surface area contributed by atoms with E-state index in [0.717, 1.165) is 25.9 Å². The highest BCUT2D eigenvalue weighted by Crippen LogP contribution is 2.58. The quantitative estimate of drug-likeness (QED) is 0.839. The third-order valence-corrected chi connectivity index (χ3v) is 5.93. The van der Waals surface area contributed by atoms with Crippen molar-refractivity contribution in [2.24, 2.45) is 11.3 Å². The number of halogens is 3. The average molecular weight is 411 g/mol. The van der Waals surface area contributed by atoms with Crippen LogP contribution in [-0.2, 0) is 4.79 Å². The minimum absolute atomic E-state index is 0.00690. The van der Waals surface area contributed by atoms with Crippen LogP contribution in [0.4, 0.5) is 14.6 Å². The van der Waals surface area contributed by atoms with E-state index in [9.17, 15) is 13.6 Å². The molecular weight excluding hydrogens is 394 g/mol. The molecule has 1 aliphatic carbocycles. The Morgan fingerprint density at radius 2 is 2.20 bits per heavy atom. The number of carbonyl (C=O) groups excluding carboxylic acids is 1. The van der Waals surface area contributed by atoms with Crippen molar-refractivity contribution >= 4 is 38.4 Å². The fraction of sp³-hybridized carbons (Fsp3) is 0.471. The third-order valence-electron chi connectivity index (χ3n) is 5.29. The lowest BCUT2D eigenvalue weighted by Gasteiger charge is -2.11. The zero-order valence-electron chi connectivity index (χ0n) is 13.6. The zero-order valence-corrected chi connectivity index (χ0v) is 15.2. The van der Waals surface area contributed by atoms with Crippen LogP contribution in [0, 0.1) is 11.3 Å². The smallest absolute Gasteiger partial charge is 0.281 e. The summed E-state index contributed by atoms with van der Waals surface area (Å²) in [6, 6.07) is 1.61. The van der Waals surface area contributed by atoms with Crippen LogP contribution < -0.4 is 5.32 Å². The molecule has 25 heavy (non-hydrogen) atoms. The summed E-state index contributed by atoms with van der Waals surface area (Å²) in [5.41, 5.74) is -0.193. The number of carbonyl (C=O) groups is 1. The number of aromatic nitrogens is 2. The maximum Gasteiger partial charge on any atom is 0.281 e. The van der Waals surface area contributed by atoms with Crippen LogP contribution in [0.2, 0.25) is 0 Å². The van der Waals surface area contributed by atoms with Gasteiger partial charge in [0.2, 0.25) is 5.91 Å². The van der Waals surface area contributed by atoms with Crippen LogP contribution in [0.3, 0.4) is 0 Å². The van der Waals surface area contributed by atoms with Crippen molar-refractivity contribution in [3.8, 4) is 0 Å². The van der Waals surface area contributed by atoms with Crippen LogP contribution in [0.1, 0.15) is 25.0 Å². The molecule has 3 heterocycles. The van der Waals surface area contributed by atoms with Crippen LogP contribution in [0.25, 0.3) is 10.8 Å². The maximum absolute atomic E-state index is 13.1. The van der Waals surface area contributed by atoms with Crippen LogP contribution in [0.5, 0.6) is 0 Å². The number of amides is 1. The third kappa shape index (κ3) is 2.91. The van der Waals surface area contributed by atoms with Gasteiger partial charge >= 0.3 is 0 Å². The maximum atomic E-state index is 13.1. The van der Waals surface area contributed by atoms with Gasteiger partial charge in [0.1, 0.15) is 11.5 Å². The van der Waals surface area contributed by atoms with Crippen LogP contribution in [0.15, 0.2) is 22.9 Å². The largest absolute Gasteiger partial charge is 0.310 e. The van der Waals surface area contributed by atoms with E-state index in [4.69, 9.17) is 0 Å². The molecule has 1 saturated heterocycles. The highest BCUT2D eigenvalue weighted by molar-refractivity contribution is 9.10. The Labute approximate surface area is 151 Å². The molecule has 8 heteroatoms. The van der Waals surface area contributed by atoms with Crippen LogP contribution >= 0.6 is 15.9 Å². The van der Waals surface area contributed by atoms with E-state index in [2.05, 4.69) is 43.2 Å². The van der Waals surface area contributed by atoms with Crippen molar-refractivity contribution in [3.63, 3.8) is 0 Å². The SMILES string of the molecule is CN1CCC2(CC2C(=O)Nc2cc3c(Br)cnc(C(F)F)c3cn2)C1. The first kappa shape index (κ1) is 16.8. The summed E-state index contributed by atoms with van der Waals surface area (Å²) in [5, 5.41) is 3.68. The topological polar surface area (TPSA) is 58.1 Å². The lowest BCUT2D eigenvalue weighted by Crippen LogP contribution is -2.21. The number of hydrogen-bond acceptors (Lipinski definition) is 4. The monoisotopic (exact) mass is 410 g/mol. The number of rotatable bonds is 3. The Morgan fingerprint density at radius 3 is 2.88 bits per heavy atom. The molecule has 2 aromatic heterocycles. The first-order valence-corrected chi connectivity index (χ1v) is 8.91. The van der Waals surface area contributed by atoms with E-state index in [1.807, 2.05) is 0 Å². The lowest BCUT2D eigenvalue weighted by atomic mass is 10.0. The summed E-state index contributed by atoms with van der Waals surface area (Å²) >= 11 is 3.32. The van der Waals surface area contributed by atoms with Gasteiger partial charge in [0.15, 0.2) is 0 Å². The van der Waals surface area contributed by atoms with Gasteiger partial charge in [0, 0.05) is 40.1 Å². The lowest BCUT2D eigenvalue weighted by molar-refractivity contribution is -0.118. The fourth-order valence-corrected chi connectivity index (χ4v) is 4.29. The second-order valence-corrected chi connectivity index (χ2v) is 7.86. The number of likely N-dealkylation sites (tertiary alicyclic amines) is 1. The Kier molecular flexibility index (Phi) is 3.99. The summed E-state index contributed by atoms with van der Waals surface area (Å²) in [6.45, 7) is 1.97. The van der Waals surface area contributed by atoms with Crippen molar-refractivity contribution in [2.45, 2.75) is 19.3 Å². The molecule has 1 amide bonds. The van der Waals surface area contributed by atoms with Crippen molar-refractivity contribution in [2.75, 3.05) is 25.5 Å². The minimum Gasteiger partial charge on any atom is -0.310 e. The molecule has 2 fully saturated rings. The molecule has 5 nitrogen and oxygen atoms in total. The summed E-state index contributed by atoms with van der Waals surface area (Å²) in [7, 11) is 2.07. The Balaban J connectivity index is 1.57. The van der Waals surface area contributed by atoms with E-state index in [-0.39, 0.29) is 28.3 Å². The average Bonchev–Trinajstić information content (AvgIpc) is 3.14. The molecule has 0 radical (unpaired) electrons. The molecule has 1 spiro atoms.